The molecule has 2 rings (SSSR count). The van der Waals surface area contributed by atoms with Crippen LogP contribution in [-0.4, -0.2) is 50.2 Å². The number of para-hydroxylation sites is 2. The lowest BCUT2D eigenvalue weighted by molar-refractivity contribution is -0.116. The van der Waals surface area contributed by atoms with Crippen molar-refractivity contribution in [3.63, 3.8) is 0 Å². The number of carbonyl (C=O) groups is 1. The lowest BCUT2D eigenvalue weighted by Crippen LogP contribution is -2.31. The van der Waals surface area contributed by atoms with E-state index in [0.29, 0.717) is 28.7 Å². The van der Waals surface area contributed by atoms with Crippen molar-refractivity contribution in [1.29, 1.82) is 0 Å². The topological polar surface area (TPSA) is 101 Å². The predicted octanol–water partition coefficient (Wildman–Crippen LogP) is 3.01. The quantitative estimate of drug-likeness (QED) is 0.324. The number of methoxy groups -OCH3 is 1. The highest BCUT2D eigenvalue weighted by Gasteiger charge is 2.21. The van der Waals surface area contributed by atoms with Crippen LogP contribution in [0.3, 0.4) is 0 Å². The lowest BCUT2D eigenvalue weighted by Gasteiger charge is -2.24. The average Bonchev–Trinajstić information content (AvgIpc) is 3.09. The molecule has 0 saturated heterocycles. The molecule has 0 fully saturated rings. The molecule has 1 N–H and O–H groups in total. The largest absolute Gasteiger partial charge is 0.495 e. The molecule has 0 unspecified atom stereocenters. The van der Waals surface area contributed by atoms with Gasteiger partial charge in [-0.05, 0) is 18.6 Å². The summed E-state index contributed by atoms with van der Waals surface area (Å²) in [5.74, 6) is 0.924. The van der Waals surface area contributed by atoms with Gasteiger partial charge in [-0.25, -0.2) is 8.42 Å². The number of hydrogen-bond donors (Lipinski definition) is 1. The van der Waals surface area contributed by atoms with Gasteiger partial charge in [0.15, 0.2) is 4.34 Å². The molecular weight excluding hydrogens is 420 g/mol. The average molecular weight is 443 g/mol. The Balaban J connectivity index is 1.94. The maximum absolute atomic E-state index is 12.2. The predicted molar refractivity (Wildman–Crippen MR) is 114 cm³/mol. The highest BCUT2D eigenvalue weighted by atomic mass is 32.2. The first-order chi connectivity index (χ1) is 13.3. The normalized spacial score (nSPS) is 11.1. The summed E-state index contributed by atoms with van der Waals surface area (Å²) in [7, 11) is -2.04. The Morgan fingerprint density at radius 1 is 1.39 bits per heavy atom. The van der Waals surface area contributed by atoms with Gasteiger partial charge in [-0.2, -0.15) is 0 Å². The van der Waals surface area contributed by atoms with E-state index in [9.17, 15) is 13.2 Å². The van der Waals surface area contributed by atoms with Crippen molar-refractivity contribution in [1.82, 2.24) is 10.2 Å². The van der Waals surface area contributed by atoms with E-state index < -0.39 is 10.0 Å². The number of nitrogens with one attached hydrogen (secondary N) is 1. The van der Waals surface area contributed by atoms with Crippen LogP contribution in [0.5, 0.6) is 5.75 Å². The van der Waals surface area contributed by atoms with Crippen molar-refractivity contribution in [2.45, 2.75) is 17.2 Å². The van der Waals surface area contributed by atoms with Gasteiger partial charge in [-0.3, -0.25) is 9.10 Å². The summed E-state index contributed by atoms with van der Waals surface area (Å²) in [6, 6.07) is 6.86. The van der Waals surface area contributed by atoms with Crippen LogP contribution in [-0.2, 0) is 14.8 Å². The molecule has 0 atom stereocenters. The molecule has 8 nitrogen and oxygen atoms in total. The zero-order valence-electron chi connectivity index (χ0n) is 15.6. The fourth-order valence-electron chi connectivity index (χ4n) is 2.31. The second-order valence-corrected chi connectivity index (χ2v) is 9.78. The monoisotopic (exact) mass is 442 g/mol. The molecule has 28 heavy (non-hydrogen) atoms. The third kappa shape index (κ3) is 6.50. The maximum atomic E-state index is 12.2. The zero-order valence-corrected chi connectivity index (χ0v) is 18.1. The molecule has 0 spiro atoms. The molecule has 0 aliphatic carbocycles. The summed E-state index contributed by atoms with van der Waals surface area (Å²) in [6.45, 7) is 3.80. The fourth-order valence-corrected chi connectivity index (χ4v) is 4.81. The van der Waals surface area contributed by atoms with Gasteiger partial charge in [-0.1, -0.05) is 41.3 Å². The molecule has 0 saturated carbocycles. The molecule has 0 aliphatic rings. The number of sulfonamides is 1. The van der Waals surface area contributed by atoms with Gasteiger partial charge >= 0.3 is 0 Å². The first-order valence-corrected chi connectivity index (χ1v) is 12.0. The van der Waals surface area contributed by atoms with Crippen LogP contribution in [0.25, 0.3) is 0 Å². The van der Waals surface area contributed by atoms with Crippen LogP contribution >= 0.6 is 23.1 Å². The van der Waals surface area contributed by atoms with E-state index >= 15 is 0 Å². The number of carbonyl (C=O) groups excluding carboxylic acids is 1. The van der Waals surface area contributed by atoms with Crippen LogP contribution in [0, 0.1) is 0 Å². The third-order valence-corrected chi connectivity index (χ3v) is 6.64. The number of aromatic nitrogens is 2. The minimum atomic E-state index is -3.52. The Kier molecular flexibility index (Phi) is 8.27. The number of hydrogen-bond acceptors (Lipinski definition) is 8. The van der Waals surface area contributed by atoms with Crippen LogP contribution in [0.4, 0.5) is 10.8 Å². The SMILES string of the molecule is C=CCSc1nnc(NC(=O)CCCN(c2ccccc2OC)S(C)(=O)=O)s1. The number of rotatable bonds is 11. The third-order valence-electron chi connectivity index (χ3n) is 3.50. The van der Waals surface area contributed by atoms with Gasteiger partial charge in [0.05, 0.1) is 19.1 Å². The van der Waals surface area contributed by atoms with E-state index in [-0.39, 0.29) is 18.9 Å². The van der Waals surface area contributed by atoms with E-state index in [0.717, 1.165) is 10.6 Å². The number of anilines is 2. The van der Waals surface area contributed by atoms with Gasteiger partial charge in [0.2, 0.25) is 21.1 Å². The molecule has 0 bridgehead atoms. The Morgan fingerprint density at radius 3 is 2.82 bits per heavy atom. The van der Waals surface area contributed by atoms with Crippen molar-refractivity contribution in [3.8, 4) is 5.75 Å². The number of thioether (sulfide) groups is 1. The van der Waals surface area contributed by atoms with Gasteiger partial charge in [-0.15, -0.1) is 16.8 Å². The zero-order chi connectivity index (χ0) is 20.6. The minimum Gasteiger partial charge on any atom is -0.495 e. The van der Waals surface area contributed by atoms with Crippen LogP contribution in [0.15, 0.2) is 41.3 Å². The van der Waals surface area contributed by atoms with E-state index in [1.807, 2.05) is 0 Å². The molecule has 1 amide bonds. The molecule has 1 aromatic carbocycles. The summed E-state index contributed by atoms with van der Waals surface area (Å²) in [5.41, 5.74) is 0.445. The maximum Gasteiger partial charge on any atom is 0.232 e. The summed E-state index contributed by atoms with van der Waals surface area (Å²) in [5, 5.41) is 11.0. The number of amides is 1. The molecule has 1 heterocycles. The minimum absolute atomic E-state index is 0.149. The molecule has 2 aromatic rings. The van der Waals surface area contributed by atoms with Gasteiger partial charge < -0.3 is 10.1 Å². The molecule has 0 aliphatic heterocycles. The van der Waals surface area contributed by atoms with Crippen molar-refractivity contribution < 1.29 is 17.9 Å². The van der Waals surface area contributed by atoms with Crippen LogP contribution in [0.2, 0.25) is 0 Å². The first kappa shape index (κ1) is 22.2. The van der Waals surface area contributed by atoms with Crippen LogP contribution in [0.1, 0.15) is 12.8 Å². The van der Waals surface area contributed by atoms with Gasteiger partial charge in [0.25, 0.3) is 0 Å². The second kappa shape index (κ2) is 10.4. The summed E-state index contributed by atoms with van der Waals surface area (Å²) in [4.78, 5) is 12.1. The Hall–Kier alpha value is -2.11. The summed E-state index contributed by atoms with van der Waals surface area (Å²) < 4.78 is 31.6. The second-order valence-electron chi connectivity index (χ2n) is 5.63. The van der Waals surface area contributed by atoms with E-state index in [4.69, 9.17) is 4.74 Å². The van der Waals surface area contributed by atoms with Crippen molar-refractivity contribution in [2.75, 3.05) is 35.3 Å². The van der Waals surface area contributed by atoms with E-state index in [1.54, 1.807) is 30.3 Å². The van der Waals surface area contributed by atoms with Crippen LogP contribution < -0.4 is 14.4 Å². The molecule has 1 aromatic heterocycles. The van der Waals surface area contributed by atoms with Crippen molar-refractivity contribution in [2.24, 2.45) is 0 Å². The van der Waals surface area contributed by atoms with Crippen molar-refractivity contribution in [3.05, 3.63) is 36.9 Å². The molecule has 152 valence electrons. The first-order valence-electron chi connectivity index (χ1n) is 8.33. The van der Waals surface area contributed by atoms with E-state index in [2.05, 4.69) is 22.1 Å². The smallest absolute Gasteiger partial charge is 0.232 e. The lowest BCUT2D eigenvalue weighted by atomic mass is 10.2. The number of ether oxygens (including phenoxy) is 1. The standard InChI is InChI=1S/C17H22N4O4S3/c1-4-12-26-17-20-19-16(27-17)18-15(22)10-7-11-21(28(3,23)24)13-8-5-6-9-14(13)25-2/h4-6,8-9H,1,7,10-12H2,2-3H3,(H,18,19,22). The molecule has 11 heteroatoms. The Labute approximate surface area is 173 Å². The Bertz CT molecular complexity index is 915. The summed E-state index contributed by atoms with van der Waals surface area (Å²) in [6.07, 6.45) is 3.38. The number of benzene rings is 1. The molecule has 0 radical (unpaired) electrons. The van der Waals surface area contributed by atoms with Crippen molar-refractivity contribution >= 4 is 49.8 Å². The number of nitrogens with zero attached hydrogens (tertiary/aromatic N) is 3. The highest BCUT2D eigenvalue weighted by Crippen LogP contribution is 2.30. The summed E-state index contributed by atoms with van der Waals surface area (Å²) >= 11 is 2.77. The van der Waals surface area contributed by atoms with Gasteiger partial charge in [0.1, 0.15) is 5.75 Å². The molecular formula is C17H22N4O4S3. The fraction of sp³-hybridized carbons (Fsp3) is 0.353. The van der Waals surface area contributed by atoms with Gasteiger partial charge in [0, 0.05) is 18.7 Å². The van der Waals surface area contributed by atoms with E-state index in [1.165, 1.54) is 34.5 Å². The highest BCUT2D eigenvalue weighted by molar-refractivity contribution is 8.01. The Morgan fingerprint density at radius 2 is 2.14 bits per heavy atom.